The van der Waals surface area contributed by atoms with E-state index < -0.39 is 0 Å². The van der Waals surface area contributed by atoms with Crippen LogP contribution in [0.4, 0.5) is 0 Å². The van der Waals surface area contributed by atoms with Gasteiger partial charge in [0, 0.05) is 12.1 Å². The second-order valence-corrected chi connectivity index (χ2v) is 3.88. The zero-order valence-electron chi connectivity index (χ0n) is 10.1. The van der Waals surface area contributed by atoms with Crippen LogP contribution in [-0.4, -0.2) is 28.7 Å². The molecule has 2 rings (SSSR count). The van der Waals surface area contributed by atoms with E-state index in [9.17, 15) is 0 Å². The highest BCUT2D eigenvalue weighted by atomic mass is 16.5. The van der Waals surface area contributed by atoms with Gasteiger partial charge in [-0.05, 0) is 39.1 Å². The molecule has 0 atom stereocenters. The van der Waals surface area contributed by atoms with Gasteiger partial charge in [-0.25, -0.2) is 4.98 Å². The Balaban J connectivity index is 2.07. The SMILES string of the molecule is CNCCCc1nc(-c2cccc(C)n2)no1. The maximum Gasteiger partial charge on any atom is 0.227 e. The summed E-state index contributed by atoms with van der Waals surface area (Å²) in [5, 5.41) is 7.02. The molecule has 5 heteroatoms. The fourth-order valence-electron chi connectivity index (χ4n) is 1.54. The fourth-order valence-corrected chi connectivity index (χ4v) is 1.54. The second kappa shape index (κ2) is 5.54. The average molecular weight is 232 g/mol. The molecular weight excluding hydrogens is 216 g/mol. The van der Waals surface area contributed by atoms with Gasteiger partial charge in [-0.15, -0.1) is 0 Å². The van der Waals surface area contributed by atoms with E-state index in [2.05, 4.69) is 20.4 Å². The molecule has 0 saturated carbocycles. The third kappa shape index (κ3) is 3.10. The molecule has 0 aliphatic rings. The van der Waals surface area contributed by atoms with Gasteiger partial charge < -0.3 is 9.84 Å². The number of hydrogen-bond donors (Lipinski definition) is 1. The van der Waals surface area contributed by atoms with Crippen molar-refractivity contribution in [2.24, 2.45) is 0 Å². The summed E-state index contributed by atoms with van der Waals surface area (Å²) in [6.07, 6.45) is 1.78. The minimum atomic E-state index is 0.563. The number of rotatable bonds is 5. The molecule has 0 bridgehead atoms. The highest BCUT2D eigenvalue weighted by molar-refractivity contribution is 5.47. The van der Waals surface area contributed by atoms with Crippen molar-refractivity contribution in [1.29, 1.82) is 0 Å². The first kappa shape index (κ1) is 11.7. The molecule has 0 aromatic carbocycles. The summed E-state index contributed by atoms with van der Waals surface area (Å²) in [6.45, 7) is 2.89. The molecule has 0 saturated heterocycles. The Morgan fingerprint density at radius 3 is 2.94 bits per heavy atom. The van der Waals surface area contributed by atoms with Gasteiger partial charge in [0.2, 0.25) is 11.7 Å². The van der Waals surface area contributed by atoms with Crippen LogP contribution in [0.3, 0.4) is 0 Å². The van der Waals surface area contributed by atoms with E-state index in [0.29, 0.717) is 11.7 Å². The molecule has 0 amide bonds. The Kier molecular flexibility index (Phi) is 3.82. The number of aryl methyl sites for hydroxylation is 2. The van der Waals surface area contributed by atoms with Gasteiger partial charge in [0.15, 0.2) is 0 Å². The van der Waals surface area contributed by atoms with Gasteiger partial charge in [0.25, 0.3) is 0 Å². The molecule has 90 valence electrons. The number of aromatic nitrogens is 3. The lowest BCUT2D eigenvalue weighted by Gasteiger charge is -1.95. The van der Waals surface area contributed by atoms with Gasteiger partial charge in [-0.3, -0.25) is 0 Å². The van der Waals surface area contributed by atoms with Gasteiger partial charge in [0.05, 0.1) is 0 Å². The van der Waals surface area contributed by atoms with E-state index in [0.717, 1.165) is 30.8 Å². The smallest absolute Gasteiger partial charge is 0.227 e. The molecule has 2 heterocycles. The van der Waals surface area contributed by atoms with E-state index in [1.54, 1.807) is 0 Å². The third-order valence-corrected chi connectivity index (χ3v) is 2.40. The normalized spacial score (nSPS) is 10.7. The fraction of sp³-hybridized carbons (Fsp3) is 0.417. The highest BCUT2D eigenvalue weighted by Crippen LogP contribution is 2.13. The number of hydrogen-bond acceptors (Lipinski definition) is 5. The van der Waals surface area contributed by atoms with E-state index in [-0.39, 0.29) is 0 Å². The van der Waals surface area contributed by atoms with Crippen LogP contribution < -0.4 is 5.32 Å². The summed E-state index contributed by atoms with van der Waals surface area (Å²) in [4.78, 5) is 8.68. The predicted molar refractivity (Wildman–Crippen MR) is 64.5 cm³/mol. The Bertz CT molecular complexity index is 481. The first-order valence-corrected chi connectivity index (χ1v) is 5.71. The van der Waals surface area contributed by atoms with Crippen molar-refractivity contribution < 1.29 is 4.52 Å². The van der Waals surface area contributed by atoms with E-state index >= 15 is 0 Å². The quantitative estimate of drug-likeness (QED) is 0.793. The maximum absolute atomic E-state index is 5.18. The lowest BCUT2D eigenvalue weighted by molar-refractivity contribution is 0.375. The minimum Gasteiger partial charge on any atom is -0.339 e. The maximum atomic E-state index is 5.18. The molecule has 0 fully saturated rings. The van der Waals surface area contributed by atoms with Crippen molar-refractivity contribution in [1.82, 2.24) is 20.4 Å². The summed E-state index contributed by atoms with van der Waals surface area (Å²) in [7, 11) is 1.93. The zero-order valence-corrected chi connectivity index (χ0v) is 10.1. The van der Waals surface area contributed by atoms with Crippen LogP contribution in [0, 0.1) is 6.92 Å². The van der Waals surface area contributed by atoms with E-state index in [4.69, 9.17) is 4.52 Å². The third-order valence-electron chi connectivity index (χ3n) is 2.40. The average Bonchev–Trinajstić information content (AvgIpc) is 2.78. The predicted octanol–water partition coefficient (Wildman–Crippen LogP) is 1.59. The molecular formula is C12H16N4O. The summed E-state index contributed by atoms with van der Waals surface area (Å²) >= 11 is 0. The largest absolute Gasteiger partial charge is 0.339 e. The number of pyridine rings is 1. The molecule has 2 aromatic rings. The van der Waals surface area contributed by atoms with Crippen LogP contribution in [0.15, 0.2) is 22.7 Å². The first-order valence-electron chi connectivity index (χ1n) is 5.71. The van der Waals surface area contributed by atoms with Gasteiger partial charge in [-0.1, -0.05) is 11.2 Å². The van der Waals surface area contributed by atoms with Gasteiger partial charge in [-0.2, -0.15) is 4.98 Å². The first-order chi connectivity index (χ1) is 8.29. The lowest BCUT2D eigenvalue weighted by atomic mass is 10.3. The molecule has 2 aromatic heterocycles. The van der Waals surface area contributed by atoms with Crippen molar-refractivity contribution in [3.63, 3.8) is 0 Å². The molecule has 5 nitrogen and oxygen atoms in total. The highest BCUT2D eigenvalue weighted by Gasteiger charge is 2.09. The van der Waals surface area contributed by atoms with Crippen LogP contribution in [0.5, 0.6) is 0 Å². The topological polar surface area (TPSA) is 63.8 Å². The molecule has 0 spiro atoms. The van der Waals surface area contributed by atoms with Crippen molar-refractivity contribution >= 4 is 0 Å². The standard InChI is InChI=1S/C12H16N4O/c1-9-5-3-6-10(14-9)12-15-11(17-16-12)7-4-8-13-2/h3,5-6,13H,4,7-8H2,1-2H3. The van der Waals surface area contributed by atoms with Crippen molar-refractivity contribution in [3.8, 4) is 11.5 Å². The van der Waals surface area contributed by atoms with Crippen molar-refractivity contribution in [2.75, 3.05) is 13.6 Å². The van der Waals surface area contributed by atoms with Gasteiger partial charge in [0.1, 0.15) is 5.69 Å². The van der Waals surface area contributed by atoms with Crippen LogP contribution in [0.25, 0.3) is 11.5 Å². The Hall–Kier alpha value is -1.75. The summed E-state index contributed by atoms with van der Waals surface area (Å²) < 4.78 is 5.18. The molecule has 0 aliphatic heterocycles. The summed E-state index contributed by atoms with van der Waals surface area (Å²) in [5.74, 6) is 1.23. The van der Waals surface area contributed by atoms with Crippen LogP contribution >= 0.6 is 0 Å². The van der Waals surface area contributed by atoms with Crippen LogP contribution in [0.1, 0.15) is 18.0 Å². The van der Waals surface area contributed by atoms with Crippen LogP contribution in [0.2, 0.25) is 0 Å². The molecule has 0 aliphatic carbocycles. The minimum absolute atomic E-state index is 0.563. The molecule has 0 unspecified atom stereocenters. The number of nitrogens with zero attached hydrogens (tertiary/aromatic N) is 3. The summed E-state index contributed by atoms with van der Waals surface area (Å²) in [6, 6.07) is 5.77. The summed E-state index contributed by atoms with van der Waals surface area (Å²) in [5.41, 5.74) is 1.71. The second-order valence-electron chi connectivity index (χ2n) is 3.88. The van der Waals surface area contributed by atoms with Gasteiger partial charge >= 0.3 is 0 Å². The van der Waals surface area contributed by atoms with Crippen LogP contribution in [-0.2, 0) is 6.42 Å². The molecule has 1 N–H and O–H groups in total. The zero-order chi connectivity index (χ0) is 12.1. The monoisotopic (exact) mass is 232 g/mol. The molecule has 0 radical (unpaired) electrons. The Labute approximate surface area is 100 Å². The van der Waals surface area contributed by atoms with E-state index in [1.807, 2.05) is 32.2 Å². The van der Waals surface area contributed by atoms with Crippen molar-refractivity contribution in [2.45, 2.75) is 19.8 Å². The molecule has 17 heavy (non-hydrogen) atoms. The van der Waals surface area contributed by atoms with E-state index in [1.165, 1.54) is 0 Å². The van der Waals surface area contributed by atoms with Crippen molar-refractivity contribution in [3.05, 3.63) is 29.8 Å². The number of nitrogens with one attached hydrogen (secondary N) is 1. The Morgan fingerprint density at radius 1 is 1.29 bits per heavy atom. The Morgan fingerprint density at radius 2 is 2.18 bits per heavy atom. The lowest BCUT2D eigenvalue weighted by Crippen LogP contribution is -2.08.